The summed E-state index contributed by atoms with van der Waals surface area (Å²) in [6, 6.07) is 2.29. The fraction of sp³-hybridized carbons (Fsp3) is 0.533. The zero-order valence-corrected chi connectivity index (χ0v) is 12.6. The minimum Gasteiger partial charge on any atom is -0.350 e. The second kappa shape index (κ2) is 6.03. The molecule has 0 aromatic carbocycles. The number of carbonyl (C=O) groups excluding carboxylic acids is 1. The van der Waals surface area contributed by atoms with E-state index in [9.17, 15) is 4.79 Å². The maximum absolute atomic E-state index is 12.1. The Bertz CT molecular complexity index is 603. The van der Waals surface area contributed by atoms with E-state index in [4.69, 9.17) is 0 Å². The summed E-state index contributed by atoms with van der Waals surface area (Å²) < 4.78 is 1.86. The monoisotopic (exact) mass is 274 g/mol. The number of nitrogens with one attached hydrogen (secondary N) is 1. The van der Waals surface area contributed by atoms with Gasteiger partial charge in [-0.25, -0.2) is 9.67 Å². The zero-order chi connectivity index (χ0) is 14.7. The van der Waals surface area contributed by atoms with Gasteiger partial charge >= 0.3 is 0 Å². The molecule has 1 N–H and O–H groups in total. The van der Waals surface area contributed by atoms with Crippen LogP contribution in [0.15, 0.2) is 18.5 Å². The molecule has 0 aliphatic heterocycles. The molecule has 0 aliphatic carbocycles. The number of aromatic nitrogens is 3. The lowest BCUT2D eigenvalue weighted by atomic mass is 10.1. The Balaban J connectivity index is 2.22. The molecule has 1 atom stereocenters. The van der Waals surface area contributed by atoms with E-state index in [1.165, 1.54) is 0 Å². The van der Waals surface area contributed by atoms with Gasteiger partial charge in [0.25, 0.3) is 5.91 Å². The van der Waals surface area contributed by atoms with Crippen LogP contribution in [0.2, 0.25) is 0 Å². The zero-order valence-electron chi connectivity index (χ0n) is 12.6. The molecule has 1 amide bonds. The van der Waals surface area contributed by atoms with Crippen molar-refractivity contribution in [2.24, 2.45) is 0 Å². The number of pyridine rings is 1. The van der Waals surface area contributed by atoms with Crippen LogP contribution < -0.4 is 5.32 Å². The fourth-order valence-corrected chi connectivity index (χ4v) is 2.25. The van der Waals surface area contributed by atoms with E-state index >= 15 is 0 Å². The SMILES string of the molecule is CCCC(C)NC(=O)c1cnc2c(cnn2C(C)C)c1. The third-order valence-corrected chi connectivity index (χ3v) is 3.28. The highest BCUT2D eigenvalue weighted by Gasteiger charge is 2.13. The van der Waals surface area contributed by atoms with E-state index in [2.05, 4.69) is 36.2 Å². The molecule has 20 heavy (non-hydrogen) atoms. The predicted molar refractivity (Wildman–Crippen MR) is 79.7 cm³/mol. The lowest BCUT2D eigenvalue weighted by molar-refractivity contribution is 0.0938. The van der Waals surface area contributed by atoms with Crippen molar-refractivity contribution in [1.82, 2.24) is 20.1 Å². The van der Waals surface area contributed by atoms with Gasteiger partial charge in [0.1, 0.15) is 0 Å². The largest absolute Gasteiger partial charge is 0.350 e. The van der Waals surface area contributed by atoms with Gasteiger partial charge in [0.05, 0.1) is 11.8 Å². The number of carbonyl (C=O) groups is 1. The Morgan fingerprint density at radius 1 is 1.35 bits per heavy atom. The number of hydrogen-bond acceptors (Lipinski definition) is 3. The number of amides is 1. The van der Waals surface area contributed by atoms with Crippen molar-refractivity contribution in [2.75, 3.05) is 0 Å². The van der Waals surface area contributed by atoms with Crippen LogP contribution in [0, 0.1) is 0 Å². The number of nitrogens with zero attached hydrogens (tertiary/aromatic N) is 3. The summed E-state index contributed by atoms with van der Waals surface area (Å²) >= 11 is 0. The molecule has 5 nitrogen and oxygen atoms in total. The van der Waals surface area contributed by atoms with Crippen LogP contribution >= 0.6 is 0 Å². The minimum absolute atomic E-state index is 0.0716. The molecule has 0 spiro atoms. The molecule has 0 saturated carbocycles. The molecular weight excluding hydrogens is 252 g/mol. The van der Waals surface area contributed by atoms with E-state index in [0.29, 0.717) is 5.56 Å². The quantitative estimate of drug-likeness (QED) is 0.912. The molecule has 2 aromatic heterocycles. The van der Waals surface area contributed by atoms with Crippen molar-refractivity contribution in [3.63, 3.8) is 0 Å². The third kappa shape index (κ3) is 2.98. The molecule has 108 valence electrons. The van der Waals surface area contributed by atoms with Crippen LogP contribution in [0.5, 0.6) is 0 Å². The van der Waals surface area contributed by atoms with Gasteiger partial charge in [-0.05, 0) is 33.3 Å². The summed E-state index contributed by atoms with van der Waals surface area (Å²) in [6.45, 7) is 8.24. The summed E-state index contributed by atoms with van der Waals surface area (Å²) in [5.74, 6) is -0.0716. The van der Waals surface area contributed by atoms with Crippen LogP contribution in [0.1, 0.15) is 56.9 Å². The maximum Gasteiger partial charge on any atom is 0.253 e. The van der Waals surface area contributed by atoms with Gasteiger partial charge in [-0.3, -0.25) is 4.79 Å². The van der Waals surface area contributed by atoms with E-state index in [0.717, 1.165) is 23.9 Å². The molecule has 5 heteroatoms. The normalized spacial score (nSPS) is 12.8. The second-order valence-corrected chi connectivity index (χ2v) is 5.48. The molecule has 0 radical (unpaired) electrons. The van der Waals surface area contributed by atoms with Gasteiger partial charge in [0, 0.05) is 23.7 Å². The molecule has 2 aromatic rings. The highest BCUT2D eigenvalue weighted by atomic mass is 16.1. The molecule has 1 unspecified atom stereocenters. The smallest absolute Gasteiger partial charge is 0.253 e. The summed E-state index contributed by atoms with van der Waals surface area (Å²) in [5, 5.41) is 8.19. The Kier molecular flexibility index (Phi) is 4.37. The first-order valence-electron chi connectivity index (χ1n) is 7.17. The van der Waals surface area contributed by atoms with Crippen LogP contribution in [0.4, 0.5) is 0 Å². The van der Waals surface area contributed by atoms with Crippen LogP contribution in [-0.4, -0.2) is 26.7 Å². The van der Waals surface area contributed by atoms with Gasteiger partial charge in [-0.15, -0.1) is 0 Å². The highest BCUT2D eigenvalue weighted by molar-refractivity contribution is 5.96. The van der Waals surface area contributed by atoms with Gasteiger partial charge in [-0.2, -0.15) is 5.10 Å². The molecule has 0 fully saturated rings. The van der Waals surface area contributed by atoms with Gasteiger partial charge in [-0.1, -0.05) is 13.3 Å². The summed E-state index contributed by atoms with van der Waals surface area (Å²) in [4.78, 5) is 16.5. The topological polar surface area (TPSA) is 59.8 Å². The maximum atomic E-state index is 12.1. The molecule has 2 rings (SSSR count). The lowest BCUT2D eigenvalue weighted by Gasteiger charge is -2.12. The van der Waals surface area contributed by atoms with Gasteiger partial charge in [0.2, 0.25) is 0 Å². The first-order valence-corrected chi connectivity index (χ1v) is 7.17. The Morgan fingerprint density at radius 2 is 2.10 bits per heavy atom. The molecular formula is C15H22N4O. The predicted octanol–water partition coefficient (Wildman–Crippen LogP) is 2.93. The second-order valence-electron chi connectivity index (χ2n) is 5.48. The molecule has 0 saturated heterocycles. The molecule has 2 heterocycles. The number of hydrogen-bond donors (Lipinski definition) is 1. The van der Waals surface area contributed by atoms with E-state index in [-0.39, 0.29) is 18.0 Å². The van der Waals surface area contributed by atoms with Crippen molar-refractivity contribution in [1.29, 1.82) is 0 Å². The van der Waals surface area contributed by atoms with Crippen molar-refractivity contribution < 1.29 is 4.79 Å². The Morgan fingerprint density at radius 3 is 2.75 bits per heavy atom. The lowest BCUT2D eigenvalue weighted by Crippen LogP contribution is -2.32. The van der Waals surface area contributed by atoms with E-state index in [1.54, 1.807) is 12.4 Å². The van der Waals surface area contributed by atoms with Crippen LogP contribution in [-0.2, 0) is 0 Å². The summed E-state index contributed by atoms with van der Waals surface area (Å²) in [6.07, 6.45) is 5.41. The minimum atomic E-state index is -0.0716. The van der Waals surface area contributed by atoms with Crippen molar-refractivity contribution in [3.8, 4) is 0 Å². The Labute approximate surface area is 119 Å². The molecule has 0 aliphatic rings. The van der Waals surface area contributed by atoms with Crippen LogP contribution in [0.3, 0.4) is 0 Å². The summed E-state index contributed by atoms with van der Waals surface area (Å²) in [5.41, 5.74) is 1.40. The number of rotatable bonds is 5. The first kappa shape index (κ1) is 14.5. The molecule has 0 bridgehead atoms. The summed E-state index contributed by atoms with van der Waals surface area (Å²) in [7, 11) is 0. The van der Waals surface area contributed by atoms with Crippen LogP contribution in [0.25, 0.3) is 11.0 Å². The fourth-order valence-electron chi connectivity index (χ4n) is 2.25. The standard InChI is InChI=1S/C15H22N4O/c1-5-6-11(4)18-15(20)13-7-12-9-17-19(10(2)3)14(12)16-8-13/h7-11H,5-6H2,1-4H3,(H,18,20). The van der Waals surface area contributed by atoms with E-state index < -0.39 is 0 Å². The third-order valence-electron chi connectivity index (χ3n) is 3.28. The van der Waals surface area contributed by atoms with E-state index in [1.807, 2.05) is 17.7 Å². The average molecular weight is 274 g/mol. The highest BCUT2D eigenvalue weighted by Crippen LogP contribution is 2.16. The van der Waals surface area contributed by atoms with Crippen molar-refractivity contribution in [3.05, 3.63) is 24.0 Å². The van der Waals surface area contributed by atoms with Crippen molar-refractivity contribution in [2.45, 2.75) is 52.6 Å². The van der Waals surface area contributed by atoms with Crippen molar-refractivity contribution >= 4 is 16.9 Å². The number of fused-ring (bicyclic) bond motifs is 1. The van der Waals surface area contributed by atoms with Gasteiger partial charge in [0.15, 0.2) is 5.65 Å². The Hall–Kier alpha value is -1.91. The average Bonchev–Trinajstić information content (AvgIpc) is 2.81. The van der Waals surface area contributed by atoms with Gasteiger partial charge < -0.3 is 5.32 Å². The first-order chi connectivity index (χ1) is 9.52.